The minimum absolute atomic E-state index is 0.242. The van der Waals surface area contributed by atoms with Gasteiger partial charge in [0.15, 0.2) is 17.0 Å². The van der Waals surface area contributed by atoms with Crippen LogP contribution in [0, 0.1) is 5.92 Å². The molecule has 0 amide bonds. The van der Waals surface area contributed by atoms with Crippen LogP contribution < -0.4 is 5.32 Å². The lowest BCUT2D eigenvalue weighted by molar-refractivity contribution is 0.108. The van der Waals surface area contributed by atoms with Crippen molar-refractivity contribution in [1.29, 1.82) is 0 Å². The van der Waals surface area contributed by atoms with Crippen LogP contribution in [0.2, 0.25) is 0 Å². The first kappa shape index (κ1) is 16.9. The van der Waals surface area contributed by atoms with Crippen LogP contribution in [0.15, 0.2) is 30.5 Å². The molecular weight excluding hydrogens is 366 g/mol. The van der Waals surface area contributed by atoms with Crippen molar-refractivity contribution >= 4 is 28.0 Å². The zero-order valence-electron chi connectivity index (χ0n) is 16.0. The van der Waals surface area contributed by atoms with E-state index in [2.05, 4.69) is 15.3 Å². The van der Waals surface area contributed by atoms with Crippen molar-refractivity contribution in [3.8, 4) is 0 Å². The highest BCUT2D eigenvalue weighted by atomic mass is 16.3. The number of imidazole rings is 1. The molecule has 4 aromatic rings. The number of hydrogen-bond donors (Lipinski definition) is 3. The summed E-state index contributed by atoms with van der Waals surface area (Å²) < 4.78 is 2.02. The molecule has 2 fully saturated rings. The number of anilines is 1. The zero-order chi connectivity index (χ0) is 19.4. The number of aromatic nitrogens is 6. The highest BCUT2D eigenvalue weighted by molar-refractivity contribution is 5.83. The summed E-state index contributed by atoms with van der Waals surface area (Å²) in [4.78, 5) is 17.6. The van der Waals surface area contributed by atoms with Crippen LogP contribution in [0.4, 0.5) is 5.82 Å². The van der Waals surface area contributed by atoms with E-state index < -0.39 is 0 Å². The largest absolute Gasteiger partial charge is 0.396 e. The van der Waals surface area contributed by atoms with Crippen LogP contribution in [-0.4, -0.2) is 41.4 Å². The molecule has 0 bridgehead atoms. The maximum absolute atomic E-state index is 9.38. The van der Waals surface area contributed by atoms with Crippen LogP contribution in [0.3, 0.4) is 0 Å². The Hall–Kier alpha value is -3.00. The minimum Gasteiger partial charge on any atom is -0.396 e. The van der Waals surface area contributed by atoms with Gasteiger partial charge in [0.2, 0.25) is 0 Å². The lowest BCUT2D eigenvalue weighted by atomic mass is 9.81. The van der Waals surface area contributed by atoms with E-state index in [9.17, 15) is 5.11 Å². The summed E-state index contributed by atoms with van der Waals surface area (Å²) in [5.41, 5.74) is 4.71. The molecular formula is C21H23N7O. The molecule has 0 unspecified atom stereocenters. The molecule has 0 spiro atoms. The van der Waals surface area contributed by atoms with Gasteiger partial charge in [-0.15, -0.1) is 0 Å². The van der Waals surface area contributed by atoms with Crippen LogP contribution >= 0.6 is 0 Å². The van der Waals surface area contributed by atoms with Crippen LogP contribution in [0.25, 0.3) is 22.2 Å². The average Bonchev–Trinajstić information content (AvgIpc) is 3.38. The topological polar surface area (TPSA) is 105 Å². The van der Waals surface area contributed by atoms with Crippen molar-refractivity contribution < 1.29 is 5.11 Å². The molecule has 0 aliphatic heterocycles. The highest BCUT2D eigenvalue weighted by Gasteiger charge is 2.34. The van der Waals surface area contributed by atoms with Crippen molar-refractivity contribution in [2.24, 2.45) is 5.92 Å². The summed E-state index contributed by atoms with van der Waals surface area (Å²) in [5.74, 6) is 2.52. The number of hydrogen-bond acceptors (Lipinski definition) is 6. The van der Waals surface area contributed by atoms with E-state index in [0.717, 1.165) is 52.4 Å². The average molecular weight is 389 g/mol. The van der Waals surface area contributed by atoms with E-state index in [4.69, 9.17) is 15.1 Å². The Labute approximate surface area is 167 Å². The van der Waals surface area contributed by atoms with Crippen molar-refractivity contribution in [3.05, 3.63) is 42.0 Å². The fourth-order valence-electron chi connectivity index (χ4n) is 4.18. The summed E-state index contributed by atoms with van der Waals surface area (Å²) in [6, 6.07) is 8.28. The van der Waals surface area contributed by atoms with Gasteiger partial charge in [-0.2, -0.15) is 5.10 Å². The Morgan fingerprint density at radius 2 is 2.03 bits per heavy atom. The van der Waals surface area contributed by atoms with Crippen molar-refractivity contribution in [1.82, 2.24) is 29.7 Å². The normalized spacial score (nSPS) is 21.6. The molecule has 2 aliphatic rings. The van der Waals surface area contributed by atoms with Gasteiger partial charge in [-0.1, -0.05) is 12.1 Å². The van der Waals surface area contributed by atoms with Crippen molar-refractivity contribution in [3.63, 3.8) is 0 Å². The second kappa shape index (κ2) is 6.52. The molecule has 3 aromatic heterocycles. The number of aromatic amines is 1. The number of para-hydroxylation sites is 2. The third-order valence-electron chi connectivity index (χ3n) is 6.09. The number of fused-ring (bicyclic) bond motifs is 2. The molecule has 0 atom stereocenters. The highest BCUT2D eigenvalue weighted by Crippen LogP contribution is 2.42. The summed E-state index contributed by atoms with van der Waals surface area (Å²) >= 11 is 0. The monoisotopic (exact) mass is 389 g/mol. The Bertz CT molecular complexity index is 1150. The molecule has 1 aromatic carbocycles. The molecule has 8 heteroatoms. The fraction of sp³-hybridized carbons (Fsp3) is 0.429. The van der Waals surface area contributed by atoms with Crippen molar-refractivity contribution in [2.45, 2.75) is 44.2 Å². The lowest BCUT2D eigenvalue weighted by Crippen LogP contribution is -2.30. The number of nitrogens with zero attached hydrogens (tertiary/aromatic N) is 5. The van der Waals surface area contributed by atoms with E-state index >= 15 is 0 Å². The Balaban J connectivity index is 1.32. The number of nitrogens with one attached hydrogen (secondary N) is 2. The maximum atomic E-state index is 9.38. The predicted octanol–water partition coefficient (Wildman–Crippen LogP) is 3.14. The number of aliphatic hydroxyl groups is 1. The molecule has 3 N–H and O–H groups in total. The van der Waals surface area contributed by atoms with Gasteiger partial charge in [-0.3, -0.25) is 0 Å². The summed E-state index contributed by atoms with van der Waals surface area (Å²) in [6.07, 6.45) is 6.16. The van der Waals surface area contributed by atoms with Crippen LogP contribution in [0.5, 0.6) is 0 Å². The lowest BCUT2D eigenvalue weighted by Gasteiger charge is -2.34. The van der Waals surface area contributed by atoms with Gasteiger partial charge in [-0.05, 0) is 43.7 Å². The molecule has 8 nitrogen and oxygen atoms in total. The Morgan fingerprint density at radius 3 is 2.83 bits per heavy atom. The molecule has 2 aliphatic carbocycles. The molecule has 29 heavy (non-hydrogen) atoms. The number of rotatable bonds is 6. The van der Waals surface area contributed by atoms with Gasteiger partial charge in [0.05, 0.1) is 29.3 Å². The fourth-order valence-corrected chi connectivity index (χ4v) is 4.18. The summed E-state index contributed by atoms with van der Waals surface area (Å²) in [6.45, 7) is 0.780. The summed E-state index contributed by atoms with van der Waals surface area (Å²) in [7, 11) is 0. The standard InChI is InChI=1S/C21H23N7O/c29-11-12-7-14(8-12)28-21-19(22-9-17(26-21)13-5-6-13)20(27-28)23-10-18-24-15-3-1-2-4-16(15)25-18/h1-4,9,12-14,29H,5-8,10-11H2,(H,23,27)(H,24,25)/t12-,14+. The number of benzene rings is 1. The van der Waals surface area contributed by atoms with Gasteiger partial charge < -0.3 is 15.4 Å². The van der Waals surface area contributed by atoms with Crippen LogP contribution in [-0.2, 0) is 6.54 Å². The van der Waals surface area contributed by atoms with E-state index in [1.54, 1.807) is 0 Å². The molecule has 148 valence electrons. The second-order valence-corrected chi connectivity index (χ2v) is 8.26. The molecule has 0 radical (unpaired) electrons. The first-order valence-electron chi connectivity index (χ1n) is 10.3. The smallest absolute Gasteiger partial charge is 0.179 e. The number of H-pyrrole nitrogens is 1. The quantitative estimate of drug-likeness (QED) is 0.468. The first-order valence-corrected chi connectivity index (χ1v) is 10.3. The SMILES string of the molecule is OC[C@H]1C[C@@H](n2nc(NCc3nc4ccccc4[nH]3)c3ncc(C4CC4)nc32)C1. The number of aliphatic hydroxyl groups excluding tert-OH is 1. The van der Waals surface area contributed by atoms with Gasteiger partial charge in [-0.25, -0.2) is 19.6 Å². The maximum Gasteiger partial charge on any atom is 0.179 e. The van der Waals surface area contributed by atoms with E-state index in [0.29, 0.717) is 18.4 Å². The van der Waals surface area contributed by atoms with E-state index in [1.165, 1.54) is 12.8 Å². The summed E-state index contributed by atoms with van der Waals surface area (Å²) in [5, 5.41) is 17.6. The Morgan fingerprint density at radius 1 is 1.17 bits per heavy atom. The minimum atomic E-state index is 0.242. The van der Waals surface area contributed by atoms with Gasteiger partial charge in [0, 0.05) is 18.7 Å². The van der Waals surface area contributed by atoms with E-state index in [1.807, 2.05) is 35.1 Å². The third-order valence-corrected chi connectivity index (χ3v) is 6.09. The van der Waals surface area contributed by atoms with Gasteiger partial charge in [0.25, 0.3) is 0 Å². The van der Waals surface area contributed by atoms with Crippen molar-refractivity contribution in [2.75, 3.05) is 11.9 Å². The second-order valence-electron chi connectivity index (χ2n) is 8.26. The predicted molar refractivity (Wildman–Crippen MR) is 110 cm³/mol. The Kier molecular flexibility index (Phi) is 3.80. The van der Waals surface area contributed by atoms with Gasteiger partial charge in [0.1, 0.15) is 5.82 Å². The molecule has 0 saturated heterocycles. The molecule has 6 rings (SSSR count). The molecule has 3 heterocycles. The zero-order valence-corrected chi connectivity index (χ0v) is 16.0. The van der Waals surface area contributed by atoms with E-state index in [-0.39, 0.29) is 12.6 Å². The first-order chi connectivity index (χ1) is 14.3. The molecule has 2 saturated carbocycles. The third kappa shape index (κ3) is 2.95. The van der Waals surface area contributed by atoms with Crippen LogP contribution in [0.1, 0.15) is 49.2 Å². The van der Waals surface area contributed by atoms with Gasteiger partial charge >= 0.3 is 0 Å².